The van der Waals surface area contributed by atoms with Crippen LogP contribution in [0, 0.1) is 0 Å². The number of ether oxygens (including phenoxy) is 2. The van der Waals surface area contributed by atoms with E-state index in [-0.39, 0.29) is 5.79 Å². The van der Waals surface area contributed by atoms with Gasteiger partial charge >= 0.3 is 0 Å². The Balaban J connectivity index is 1.70. The third-order valence-electron chi connectivity index (χ3n) is 3.71. The van der Waals surface area contributed by atoms with Gasteiger partial charge in [0.05, 0.1) is 19.8 Å². The molecule has 3 nitrogen and oxygen atoms in total. The highest BCUT2D eigenvalue weighted by Crippen LogP contribution is 2.31. The monoisotopic (exact) mass is 301 g/mol. The van der Waals surface area contributed by atoms with Gasteiger partial charge in [0.25, 0.3) is 0 Å². The second kappa shape index (κ2) is 5.58. The summed E-state index contributed by atoms with van der Waals surface area (Å²) in [6.07, 6.45) is 2.06. The molecule has 0 aromatic heterocycles. The highest BCUT2D eigenvalue weighted by molar-refractivity contribution is 6.33. The van der Waals surface area contributed by atoms with E-state index in [9.17, 15) is 0 Å². The van der Waals surface area contributed by atoms with Crippen molar-refractivity contribution >= 4 is 23.2 Å². The minimum atomic E-state index is -0.386. The Hall–Kier alpha value is -0.320. The molecular formula is C14H17Cl2NO2. The normalized spacial score (nSPS) is 23.1. The lowest BCUT2D eigenvalue weighted by molar-refractivity contribution is -0.190. The molecule has 2 aliphatic rings. The van der Waals surface area contributed by atoms with Crippen LogP contribution in [0.4, 0.5) is 0 Å². The molecule has 0 unspecified atom stereocenters. The summed E-state index contributed by atoms with van der Waals surface area (Å²) in [5.74, 6) is -0.386. The Labute approximate surface area is 123 Å². The molecule has 2 fully saturated rings. The fourth-order valence-corrected chi connectivity index (χ4v) is 3.22. The smallest absolute Gasteiger partial charge is 0.181 e. The molecule has 1 spiro atoms. The molecule has 5 heteroatoms. The van der Waals surface area contributed by atoms with Crippen LogP contribution in [0.15, 0.2) is 18.2 Å². The van der Waals surface area contributed by atoms with Crippen LogP contribution in [0.25, 0.3) is 0 Å². The number of hydrogen-bond acceptors (Lipinski definition) is 3. The minimum Gasteiger partial charge on any atom is -0.346 e. The van der Waals surface area contributed by atoms with E-state index in [2.05, 4.69) is 4.90 Å². The maximum atomic E-state index is 6.22. The molecule has 0 atom stereocenters. The van der Waals surface area contributed by atoms with Gasteiger partial charge in [-0.05, 0) is 36.7 Å². The van der Waals surface area contributed by atoms with Crippen LogP contribution >= 0.6 is 23.2 Å². The standard InChI is InChI=1S/C14H17Cl2NO2/c15-12-2-3-13(16)11(8-12)9-17-5-1-4-14(10-17)18-6-7-19-14/h2-3,8H,1,4-7,9-10H2. The van der Waals surface area contributed by atoms with E-state index in [0.29, 0.717) is 13.2 Å². The second-order valence-corrected chi connectivity index (χ2v) is 6.00. The van der Waals surface area contributed by atoms with Crippen molar-refractivity contribution < 1.29 is 9.47 Å². The zero-order valence-corrected chi connectivity index (χ0v) is 12.2. The van der Waals surface area contributed by atoms with E-state index in [1.54, 1.807) is 0 Å². The molecule has 1 aromatic rings. The predicted molar refractivity (Wildman–Crippen MR) is 75.6 cm³/mol. The summed E-state index contributed by atoms with van der Waals surface area (Å²) < 4.78 is 11.6. The van der Waals surface area contributed by atoms with Crippen LogP contribution in [0.1, 0.15) is 18.4 Å². The fourth-order valence-electron chi connectivity index (χ4n) is 2.84. The van der Waals surface area contributed by atoms with Crippen LogP contribution in [0.2, 0.25) is 10.0 Å². The summed E-state index contributed by atoms with van der Waals surface area (Å²) in [7, 11) is 0. The van der Waals surface area contributed by atoms with Crippen molar-refractivity contribution in [3.05, 3.63) is 33.8 Å². The number of halogens is 2. The summed E-state index contributed by atoms with van der Waals surface area (Å²) in [5, 5.41) is 1.48. The van der Waals surface area contributed by atoms with Gasteiger partial charge in [-0.15, -0.1) is 0 Å². The Morgan fingerprint density at radius 3 is 2.79 bits per heavy atom. The number of benzene rings is 1. The molecule has 2 heterocycles. The van der Waals surface area contributed by atoms with Gasteiger partial charge < -0.3 is 9.47 Å². The maximum Gasteiger partial charge on any atom is 0.181 e. The SMILES string of the molecule is Clc1ccc(Cl)c(CN2CCCC3(C2)OCCO3)c1. The van der Waals surface area contributed by atoms with Gasteiger partial charge in [0.2, 0.25) is 0 Å². The Bertz CT molecular complexity index is 461. The summed E-state index contributed by atoms with van der Waals surface area (Å²) in [6, 6.07) is 5.59. The first-order valence-electron chi connectivity index (χ1n) is 6.61. The number of rotatable bonds is 2. The van der Waals surface area contributed by atoms with Crippen LogP contribution in [0.3, 0.4) is 0 Å². The van der Waals surface area contributed by atoms with Crippen molar-refractivity contribution in [2.75, 3.05) is 26.3 Å². The molecule has 1 aromatic carbocycles. The van der Waals surface area contributed by atoms with Crippen LogP contribution in [-0.2, 0) is 16.0 Å². The fraction of sp³-hybridized carbons (Fsp3) is 0.571. The third-order valence-corrected chi connectivity index (χ3v) is 4.32. The molecule has 0 bridgehead atoms. The molecule has 2 aliphatic heterocycles. The third kappa shape index (κ3) is 3.06. The van der Waals surface area contributed by atoms with Gasteiger partial charge in [-0.2, -0.15) is 0 Å². The highest BCUT2D eigenvalue weighted by atomic mass is 35.5. The number of likely N-dealkylation sites (tertiary alicyclic amines) is 1. The zero-order chi connectivity index (χ0) is 13.3. The van der Waals surface area contributed by atoms with E-state index < -0.39 is 0 Å². The number of nitrogens with zero attached hydrogens (tertiary/aromatic N) is 1. The lowest BCUT2D eigenvalue weighted by atomic mass is 10.0. The van der Waals surface area contributed by atoms with Crippen molar-refractivity contribution in [1.29, 1.82) is 0 Å². The average molecular weight is 302 g/mol. The van der Waals surface area contributed by atoms with Crippen molar-refractivity contribution in [2.24, 2.45) is 0 Å². The Morgan fingerprint density at radius 1 is 1.21 bits per heavy atom. The van der Waals surface area contributed by atoms with Gasteiger partial charge in [0.15, 0.2) is 5.79 Å². The zero-order valence-electron chi connectivity index (χ0n) is 10.7. The van der Waals surface area contributed by atoms with Crippen molar-refractivity contribution in [3.63, 3.8) is 0 Å². The van der Waals surface area contributed by atoms with Crippen molar-refractivity contribution in [3.8, 4) is 0 Å². The van der Waals surface area contributed by atoms with Crippen molar-refractivity contribution in [2.45, 2.75) is 25.2 Å². The quantitative estimate of drug-likeness (QED) is 0.836. The van der Waals surface area contributed by atoms with E-state index in [4.69, 9.17) is 32.7 Å². The first-order chi connectivity index (χ1) is 9.17. The van der Waals surface area contributed by atoms with Gasteiger partial charge in [-0.3, -0.25) is 4.90 Å². The molecule has 0 saturated carbocycles. The minimum absolute atomic E-state index is 0.386. The molecule has 2 saturated heterocycles. The maximum absolute atomic E-state index is 6.22. The largest absolute Gasteiger partial charge is 0.346 e. The van der Waals surface area contributed by atoms with Gasteiger partial charge in [0.1, 0.15) is 0 Å². The number of piperidine rings is 1. The highest BCUT2D eigenvalue weighted by Gasteiger charge is 2.40. The molecule has 0 aliphatic carbocycles. The Kier molecular flexibility index (Phi) is 4.01. The first kappa shape index (κ1) is 13.7. The van der Waals surface area contributed by atoms with Crippen LogP contribution < -0.4 is 0 Å². The summed E-state index contributed by atoms with van der Waals surface area (Å²) >= 11 is 12.2. The number of hydrogen-bond donors (Lipinski definition) is 0. The average Bonchev–Trinajstić information content (AvgIpc) is 2.82. The molecule has 19 heavy (non-hydrogen) atoms. The summed E-state index contributed by atoms with van der Waals surface area (Å²) in [5.41, 5.74) is 1.06. The van der Waals surface area contributed by atoms with E-state index >= 15 is 0 Å². The molecule has 0 amide bonds. The van der Waals surface area contributed by atoms with E-state index in [1.807, 2.05) is 18.2 Å². The molecule has 104 valence electrons. The van der Waals surface area contributed by atoms with E-state index in [0.717, 1.165) is 48.1 Å². The van der Waals surface area contributed by atoms with Crippen LogP contribution in [0.5, 0.6) is 0 Å². The van der Waals surface area contributed by atoms with Crippen molar-refractivity contribution in [1.82, 2.24) is 4.90 Å². The first-order valence-corrected chi connectivity index (χ1v) is 7.37. The summed E-state index contributed by atoms with van der Waals surface area (Å²) in [6.45, 7) is 4.03. The molecule has 0 radical (unpaired) electrons. The van der Waals surface area contributed by atoms with Gasteiger partial charge in [-0.25, -0.2) is 0 Å². The lowest BCUT2D eigenvalue weighted by Crippen LogP contribution is -2.48. The molecule has 0 N–H and O–H groups in total. The molecule has 3 rings (SSSR count). The summed E-state index contributed by atoms with van der Waals surface area (Å²) in [4.78, 5) is 2.33. The van der Waals surface area contributed by atoms with Gasteiger partial charge in [0, 0.05) is 23.0 Å². The van der Waals surface area contributed by atoms with E-state index in [1.165, 1.54) is 0 Å². The van der Waals surface area contributed by atoms with Crippen LogP contribution in [-0.4, -0.2) is 37.0 Å². The topological polar surface area (TPSA) is 21.7 Å². The second-order valence-electron chi connectivity index (χ2n) is 5.16. The lowest BCUT2D eigenvalue weighted by Gasteiger charge is -2.38. The Morgan fingerprint density at radius 2 is 2.00 bits per heavy atom. The molecular weight excluding hydrogens is 285 g/mol. The predicted octanol–water partition coefficient (Wildman–Crippen LogP) is 3.33. The van der Waals surface area contributed by atoms with Gasteiger partial charge in [-0.1, -0.05) is 23.2 Å².